The van der Waals surface area contributed by atoms with E-state index in [-0.39, 0.29) is 151 Å². The predicted octanol–water partition coefficient (Wildman–Crippen LogP) is -17.0. The third kappa shape index (κ3) is 34.8. The van der Waals surface area contributed by atoms with Crippen molar-refractivity contribution in [1.82, 2.24) is 14.7 Å². The van der Waals surface area contributed by atoms with Crippen molar-refractivity contribution in [3.63, 3.8) is 0 Å². The molecule has 0 fully saturated rings. The smallest absolute Gasteiger partial charge is 0.549 e. The van der Waals surface area contributed by atoms with Crippen LogP contribution in [-0.4, -0.2) is 97.5 Å². The molecule has 0 heterocycles. The molecule has 11 nitrogen and oxygen atoms in total. The average Bonchev–Trinajstić information content (AvgIpc) is 2.61. The van der Waals surface area contributed by atoms with Crippen molar-refractivity contribution in [3.8, 4) is 0 Å². The van der Waals surface area contributed by atoms with Crippen LogP contribution in [0.2, 0.25) is 0 Å². The number of aliphatic carboxylic acids is 4. The molecule has 0 rings (SSSR count). The van der Waals surface area contributed by atoms with Gasteiger partial charge in [-0.15, -0.1) is 9.80 Å². The summed E-state index contributed by atoms with van der Waals surface area (Å²) in [6, 6.07) is 0. The Balaban J connectivity index is -0.000000295. The Morgan fingerprint density at radius 3 is 1.09 bits per heavy atom. The molecule has 0 spiro atoms. The van der Waals surface area contributed by atoms with Gasteiger partial charge >= 0.3 is 118 Å². The molecule has 0 bridgehead atoms. The molecule has 0 saturated heterocycles. The van der Waals surface area contributed by atoms with Crippen LogP contribution < -0.4 is 139 Å². The zero-order valence-electron chi connectivity index (χ0n) is 20.2. The topological polar surface area (TPSA) is 170 Å². The molecule has 0 amide bonds. The minimum Gasteiger partial charge on any atom is -0.549 e. The molecule has 0 aromatic rings. The summed E-state index contributed by atoms with van der Waals surface area (Å²) < 4.78 is 0. The van der Waals surface area contributed by atoms with E-state index in [2.05, 4.69) is 9.80 Å². The van der Waals surface area contributed by atoms with Gasteiger partial charge in [0.2, 0.25) is 0 Å². The van der Waals surface area contributed by atoms with Crippen LogP contribution in [0.1, 0.15) is 19.8 Å². The Hall–Kier alpha value is 2.84. The van der Waals surface area contributed by atoms with E-state index < -0.39 is 43.5 Å². The van der Waals surface area contributed by atoms with Gasteiger partial charge in [0.25, 0.3) is 0 Å². The number of hydrogen-bond donors (Lipinski definition) is 1. The first kappa shape index (κ1) is 48.9. The number of unbranched alkanes of at least 4 members (excludes halogenated alkanes) is 1. The van der Waals surface area contributed by atoms with Crippen LogP contribution in [0.15, 0.2) is 0 Å². The summed E-state index contributed by atoms with van der Waals surface area (Å²) in [6.07, 6.45) is 1.62. The van der Waals surface area contributed by atoms with Gasteiger partial charge in [0.1, 0.15) is 0 Å². The van der Waals surface area contributed by atoms with Crippen molar-refractivity contribution in [2.75, 3.05) is 58.9 Å². The van der Waals surface area contributed by atoms with Gasteiger partial charge in [-0.25, -0.2) is 0 Å². The van der Waals surface area contributed by atoms with E-state index in [0.29, 0.717) is 6.54 Å². The van der Waals surface area contributed by atoms with E-state index >= 15 is 0 Å². The molecule has 17 heteroatoms. The maximum absolute atomic E-state index is 10.9. The van der Waals surface area contributed by atoms with Crippen molar-refractivity contribution >= 4 is 54.9 Å². The van der Waals surface area contributed by atoms with Crippen LogP contribution in [0.5, 0.6) is 0 Å². The number of carboxylic acid groups (broad SMARTS) is 4. The fourth-order valence-electron chi connectivity index (χ4n) is 2.43. The van der Waals surface area contributed by atoms with Crippen LogP contribution in [0.3, 0.4) is 0 Å². The normalized spacial score (nSPS) is 9.39. The average molecular weight is 639 g/mol. The van der Waals surface area contributed by atoms with Crippen molar-refractivity contribution < 1.29 is 158 Å². The second-order valence-corrected chi connectivity index (χ2v) is 6.10. The van der Waals surface area contributed by atoms with E-state index in [9.17, 15) is 39.6 Å². The number of carboxylic acids is 4. The standard InChI is InChI=1S/C16H29N3O8.HIS.4Na/c1-2-3-4-17(9-13(20)21)5-6-18(10-14(22)23)7-8-19(11-15(24)25)12-16(26)27;1-2;;;;/h2-12H2,1H3,(H,20,21)(H,22,23)(H,24,25)(H,26,27);2H;;;;/q;;4*+1/p-4. The minimum absolute atomic E-state index is 0. The number of carbonyl (C=O) groups is 4. The largest absolute Gasteiger partial charge is 1.00 e. The molecule has 0 unspecified atom stereocenters. The summed E-state index contributed by atoms with van der Waals surface area (Å²) in [5.41, 5.74) is 0. The minimum atomic E-state index is -1.47. The molecule has 0 aromatic heterocycles. The summed E-state index contributed by atoms with van der Waals surface area (Å²) >= 11 is 1.84. The third-order valence-corrected chi connectivity index (χ3v) is 3.70. The molecule has 33 heavy (non-hydrogen) atoms. The molecule has 170 valence electrons. The molecular weight excluding hydrogens is 613 g/mol. The van der Waals surface area contributed by atoms with Crippen molar-refractivity contribution in [3.05, 3.63) is 0 Å². The van der Waals surface area contributed by atoms with Gasteiger partial charge in [-0.1, -0.05) is 13.3 Å². The summed E-state index contributed by atoms with van der Waals surface area (Å²) in [6.45, 7) is 0.844. The van der Waals surface area contributed by atoms with E-state index in [0.717, 1.165) is 17.7 Å². The molecule has 0 N–H and O–H groups in total. The van der Waals surface area contributed by atoms with E-state index in [4.69, 9.17) is 0 Å². The molecule has 0 aliphatic carbocycles. The predicted molar refractivity (Wildman–Crippen MR) is 107 cm³/mol. The van der Waals surface area contributed by atoms with Gasteiger partial charge in [-0.3, -0.25) is 14.7 Å². The first-order valence-corrected chi connectivity index (χ1v) is 12.0. The fraction of sp³-hybridized carbons (Fsp3) is 0.750. The SMILES string of the molecule is CCCCN(CCN(CCN(CC(=O)[O-])CC(=O)[O-])CC(=O)[O-])CC(=O)[O-].SI.[Na+].[Na+].[Na+].[Na+]. The monoisotopic (exact) mass is 639 g/mol. The molecule has 0 atom stereocenters. The van der Waals surface area contributed by atoms with Crippen molar-refractivity contribution in [2.45, 2.75) is 19.8 Å². The zero-order valence-corrected chi connectivity index (χ0v) is 31.3. The van der Waals surface area contributed by atoms with E-state index in [1.54, 1.807) is 4.90 Å². The summed E-state index contributed by atoms with van der Waals surface area (Å²) in [5, 5.41) is 43.1. The first-order valence-electron chi connectivity index (χ1n) is 8.77. The quantitative estimate of drug-likeness (QED) is 0.0911. The summed E-state index contributed by atoms with van der Waals surface area (Å²) in [7, 11) is 3.50. The van der Waals surface area contributed by atoms with E-state index in [1.807, 2.05) is 28.1 Å². The number of thiol groups is 1. The fourth-order valence-corrected chi connectivity index (χ4v) is 2.43. The van der Waals surface area contributed by atoms with Crippen LogP contribution in [0.4, 0.5) is 0 Å². The maximum Gasteiger partial charge on any atom is 1.00 e. The van der Waals surface area contributed by atoms with E-state index in [1.165, 1.54) is 4.90 Å². The van der Waals surface area contributed by atoms with Gasteiger partial charge in [0.05, 0.1) is 23.9 Å². The Morgan fingerprint density at radius 1 is 0.576 bits per heavy atom. The zero-order chi connectivity index (χ0) is 22.8. The number of hydrogen-bond acceptors (Lipinski definition) is 12. The van der Waals surface area contributed by atoms with Crippen molar-refractivity contribution in [2.24, 2.45) is 0 Å². The van der Waals surface area contributed by atoms with Crippen LogP contribution in [-0.2, 0) is 19.2 Å². The van der Waals surface area contributed by atoms with Gasteiger partial charge in [-0.05, 0) is 34.2 Å². The van der Waals surface area contributed by atoms with Crippen molar-refractivity contribution in [1.29, 1.82) is 0 Å². The molecule has 0 aliphatic heterocycles. The number of nitrogens with zero attached hydrogens (tertiary/aromatic N) is 3. The number of rotatable bonds is 17. The molecule has 0 aromatic carbocycles. The maximum atomic E-state index is 10.9. The van der Waals surface area contributed by atoms with Gasteiger partial charge in [0.15, 0.2) is 0 Å². The van der Waals surface area contributed by atoms with Crippen LogP contribution in [0.25, 0.3) is 0 Å². The Bertz CT molecular complexity index is 514. The molecular formula is C16H26IN3Na4O8S. The number of halogens is 1. The Labute approximate surface area is 301 Å². The van der Waals surface area contributed by atoms with Crippen LogP contribution in [0, 0.1) is 0 Å². The second-order valence-electron chi connectivity index (χ2n) is 6.10. The van der Waals surface area contributed by atoms with Gasteiger partial charge in [-0.2, -0.15) is 0 Å². The molecule has 0 aliphatic rings. The Morgan fingerprint density at radius 2 is 0.818 bits per heavy atom. The summed E-state index contributed by atoms with van der Waals surface area (Å²) in [5.74, 6) is -5.54. The summed E-state index contributed by atoms with van der Waals surface area (Å²) in [4.78, 5) is 47.2. The van der Waals surface area contributed by atoms with Crippen LogP contribution >= 0.6 is 31.0 Å². The van der Waals surface area contributed by atoms with Gasteiger partial charge in [0, 0.05) is 52.4 Å². The molecule has 0 radical (unpaired) electrons. The first-order chi connectivity index (χ1) is 13.6. The van der Waals surface area contributed by atoms with Gasteiger partial charge < -0.3 is 39.6 Å². The molecule has 0 saturated carbocycles. The Kier molecular flexibility index (Phi) is 48.7. The number of carbonyl (C=O) groups excluding carboxylic acids is 4. The third-order valence-electron chi connectivity index (χ3n) is 3.70. The second kappa shape index (κ2) is 32.9.